The molecule has 9 nitrogen and oxygen atoms in total. The molecule has 2 fully saturated rings. The van der Waals surface area contributed by atoms with E-state index in [1.807, 2.05) is 0 Å². The van der Waals surface area contributed by atoms with Crippen LogP contribution in [0, 0.1) is 0 Å². The van der Waals surface area contributed by atoms with Crippen LogP contribution in [0.5, 0.6) is 0 Å². The van der Waals surface area contributed by atoms with Crippen LogP contribution in [-0.2, 0) is 20.5 Å². The van der Waals surface area contributed by atoms with E-state index in [9.17, 15) is 32.3 Å². The van der Waals surface area contributed by atoms with Crippen LogP contribution in [-0.4, -0.2) is 52.9 Å². The van der Waals surface area contributed by atoms with E-state index in [2.05, 4.69) is 15.0 Å². The standard InChI is InChI=1S/C20H17F3N4O5S/c1-9-6-13(15(28)26(9)19-24-12(8-33-19)17(30)32-2)27-16(29)14(25-18(27)31)10-4-3-5-11(7-10)20(21,22)23/h3-5,7-9,13-14H,6H2,1-2H3,(H,25,31)/t9?,13-,14?/m0/s1. The van der Waals surface area contributed by atoms with Gasteiger partial charge in [0.25, 0.3) is 11.8 Å². The molecule has 2 unspecified atom stereocenters. The number of methoxy groups -OCH3 is 1. The SMILES string of the molecule is COC(=O)c1csc(N2C(=O)[C@@H](N3C(=O)NC(c4cccc(C(F)(F)F)c4)C3=O)CC2C)n1. The zero-order valence-corrected chi connectivity index (χ0v) is 18.1. The van der Waals surface area contributed by atoms with Crippen LogP contribution in [0.15, 0.2) is 29.6 Å². The predicted molar refractivity (Wildman–Crippen MR) is 108 cm³/mol. The van der Waals surface area contributed by atoms with Gasteiger partial charge in [-0.25, -0.2) is 19.5 Å². The summed E-state index contributed by atoms with van der Waals surface area (Å²) in [5.74, 6) is -2.08. The number of imide groups is 1. The lowest BCUT2D eigenvalue weighted by atomic mass is 10.0. The second-order valence-corrected chi connectivity index (χ2v) is 8.37. The number of benzene rings is 1. The third-order valence-corrected chi connectivity index (χ3v) is 6.29. The maximum atomic E-state index is 13.1. The highest BCUT2D eigenvalue weighted by Gasteiger charge is 2.51. The smallest absolute Gasteiger partial charge is 0.416 e. The average molecular weight is 482 g/mol. The highest BCUT2D eigenvalue weighted by molar-refractivity contribution is 7.14. The molecule has 0 saturated carbocycles. The molecule has 13 heteroatoms. The Labute approximate surface area is 189 Å². The van der Waals surface area contributed by atoms with Gasteiger partial charge in [-0.3, -0.25) is 14.5 Å². The number of urea groups is 1. The van der Waals surface area contributed by atoms with Crippen LogP contribution in [0.3, 0.4) is 0 Å². The molecule has 4 rings (SSSR count). The van der Waals surface area contributed by atoms with Crippen LogP contribution < -0.4 is 10.2 Å². The van der Waals surface area contributed by atoms with Crippen molar-refractivity contribution in [3.8, 4) is 0 Å². The quantitative estimate of drug-likeness (QED) is 0.530. The Morgan fingerprint density at radius 1 is 1.21 bits per heavy atom. The fourth-order valence-electron chi connectivity index (χ4n) is 3.89. The van der Waals surface area contributed by atoms with E-state index in [0.717, 1.165) is 34.4 Å². The lowest BCUT2D eigenvalue weighted by Crippen LogP contribution is -2.45. The predicted octanol–water partition coefficient (Wildman–Crippen LogP) is 2.74. The zero-order chi connectivity index (χ0) is 24.1. The third kappa shape index (κ3) is 3.92. The Morgan fingerprint density at radius 3 is 2.61 bits per heavy atom. The van der Waals surface area contributed by atoms with E-state index >= 15 is 0 Å². The first-order valence-electron chi connectivity index (χ1n) is 9.70. The van der Waals surface area contributed by atoms with Gasteiger partial charge in [-0.15, -0.1) is 11.3 Å². The summed E-state index contributed by atoms with van der Waals surface area (Å²) in [6, 6.07) is 0.275. The number of anilines is 1. The molecule has 0 bridgehead atoms. The van der Waals surface area contributed by atoms with Gasteiger partial charge in [-0.1, -0.05) is 12.1 Å². The van der Waals surface area contributed by atoms with Crippen LogP contribution in [0.1, 0.15) is 41.0 Å². The molecule has 2 aliphatic rings. The van der Waals surface area contributed by atoms with E-state index < -0.39 is 53.7 Å². The van der Waals surface area contributed by atoms with E-state index in [1.54, 1.807) is 6.92 Å². The zero-order valence-electron chi connectivity index (χ0n) is 17.3. The number of carbonyl (C=O) groups excluding carboxylic acids is 4. The summed E-state index contributed by atoms with van der Waals surface area (Å²) >= 11 is 1.03. The van der Waals surface area contributed by atoms with Crippen LogP contribution >= 0.6 is 11.3 Å². The highest BCUT2D eigenvalue weighted by atomic mass is 32.1. The molecule has 0 spiro atoms. The van der Waals surface area contributed by atoms with Crippen molar-refractivity contribution in [2.45, 2.75) is 37.6 Å². The third-order valence-electron chi connectivity index (χ3n) is 5.45. The molecule has 3 heterocycles. The minimum absolute atomic E-state index is 0.0144. The normalized spacial score (nSPS) is 23.3. The number of alkyl halides is 3. The number of ether oxygens (including phenoxy) is 1. The summed E-state index contributed by atoms with van der Waals surface area (Å²) in [5, 5.41) is 4.00. The summed E-state index contributed by atoms with van der Waals surface area (Å²) in [6.07, 6.45) is -4.52. The Bertz CT molecular complexity index is 1150. The first-order chi connectivity index (χ1) is 15.5. The Hall–Kier alpha value is -3.48. The van der Waals surface area contributed by atoms with Gasteiger partial charge in [-0.2, -0.15) is 13.2 Å². The number of hydrogen-bond acceptors (Lipinski definition) is 7. The number of nitrogens with one attached hydrogen (secondary N) is 1. The minimum Gasteiger partial charge on any atom is -0.464 e. The monoisotopic (exact) mass is 482 g/mol. The number of aromatic nitrogens is 1. The van der Waals surface area contributed by atoms with Gasteiger partial charge in [0.15, 0.2) is 10.8 Å². The summed E-state index contributed by atoms with van der Waals surface area (Å²) in [7, 11) is 1.19. The van der Waals surface area contributed by atoms with Crippen molar-refractivity contribution < 1.29 is 37.1 Å². The molecule has 0 radical (unpaired) electrons. The number of carbonyl (C=O) groups is 4. The van der Waals surface area contributed by atoms with E-state index in [0.29, 0.717) is 0 Å². The van der Waals surface area contributed by atoms with Gasteiger partial charge in [-0.05, 0) is 31.0 Å². The van der Waals surface area contributed by atoms with Gasteiger partial charge in [0.1, 0.15) is 12.1 Å². The molecule has 2 saturated heterocycles. The fraction of sp³-hybridized carbons (Fsp3) is 0.350. The summed E-state index contributed by atoms with van der Waals surface area (Å²) in [4.78, 5) is 56.5. The fourth-order valence-corrected chi connectivity index (χ4v) is 4.79. The van der Waals surface area contributed by atoms with Crippen molar-refractivity contribution >= 4 is 40.3 Å². The second kappa shape index (κ2) is 8.14. The van der Waals surface area contributed by atoms with Gasteiger partial charge >= 0.3 is 18.2 Å². The lowest BCUT2D eigenvalue weighted by Gasteiger charge is -2.20. The largest absolute Gasteiger partial charge is 0.464 e. The van der Waals surface area contributed by atoms with Crippen molar-refractivity contribution in [1.29, 1.82) is 0 Å². The maximum Gasteiger partial charge on any atom is 0.416 e. The van der Waals surface area contributed by atoms with Gasteiger partial charge < -0.3 is 10.1 Å². The molecule has 0 aliphatic carbocycles. The molecule has 2 aliphatic heterocycles. The van der Waals surface area contributed by atoms with Gasteiger partial charge in [0.2, 0.25) is 0 Å². The molecular formula is C20H17F3N4O5S. The number of amides is 4. The molecule has 4 amide bonds. The highest BCUT2D eigenvalue weighted by Crippen LogP contribution is 2.36. The van der Waals surface area contributed by atoms with Crippen molar-refractivity contribution in [2.75, 3.05) is 12.0 Å². The number of hydrogen-bond donors (Lipinski definition) is 1. The number of nitrogens with zero attached hydrogens (tertiary/aromatic N) is 3. The van der Waals surface area contributed by atoms with Crippen LogP contribution in [0.25, 0.3) is 0 Å². The Kier molecular flexibility index (Phi) is 5.60. The first-order valence-corrected chi connectivity index (χ1v) is 10.6. The van der Waals surface area contributed by atoms with Crippen molar-refractivity contribution in [3.63, 3.8) is 0 Å². The van der Waals surface area contributed by atoms with E-state index in [-0.39, 0.29) is 22.8 Å². The summed E-state index contributed by atoms with van der Waals surface area (Å²) in [5.41, 5.74) is -0.980. The number of halogens is 3. The molecule has 33 heavy (non-hydrogen) atoms. The summed E-state index contributed by atoms with van der Waals surface area (Å²) < 4.78 is 43.8. The lowest BCUT2D eigenvalue weighted by molar-refractivity contribution is -0.138. The molecule has 174 valence electrons. The van der Waals surface area contributed by atoms with Crippen molar-refractivity contribution in [1.82, 2.24) is 15.2 Å². The topological polar surface area (TPSA) is 109 Å². The Morgan fingerprint density at radius 2 is 1.94 bits per heavy atom. The van der Waals surface area contributed by atoms with E-state index in [1.165, 1.54) is 23.5 Å². The van der Waals surface area contributed by atoms with Crippen LogP contribution in [0.2, 0.25) is 0 Å². The second-order valence-electron chi connectivity index (χ2n) is 7.53. The molecule has 3 atom stereocenters. The average Bonchev–Trinajstić information content (AvgIpc) is 3.43. The van der Waals surface area contributed by atoms with Crippen molar-refractivity contribution in [3.05, 3.63) is 46.5 Å². The first kappa shape index (κ1) is 22.7. The molecule has 2 aromatic rings. The summed E-state index contributed by atoms with van der Waals surface area (Å²) in [6.45, 7) is 1.69. The molecule has 1 N–H and O–H groups in total. The van der Waals surface area contributed by atoms with E-state index in [4.69, 9.17) is 0 Å². The Balaban J connectivity index is 1.58. The number of rotatable bonds is 4. The van der Waals surface area contributed by atoms with Crippen molar-refractivity contribution in [2.24, 2.45) is 0 Å². The molecule has 1 aromatic heterocycles. The van der Waals surface area contributed by atoms with Gasteiger partial charge in [0, 0.05) is 11.4 Å². The maximum absolute atomic E-state index is 13.1. The molecule has 1 aromatic carbocycles. The van der Waals surface area contributed by atoms with Crippen LogP contribution in [0.4, 0.5) is 23.1 Å². The number of thiazole rings is 1. The minimum atomic E-state index is -4.62. The molecular weight excluding hydrogens is 465 g/mol. The van der Waals surface area contributed by atoms with Gasteiger partial charge in [0.05, 0.1) is 12.7 Å². The number of esters is 1.